The summed E-state index contributed by atoms with van der Waals surface area (Å²) in [6.07, 6.45) is 2.33. The Morgan fingerprint density at radius 2 is 1.88 bits per heavy atom. The molecule has 1 aliphatic carbocycles. The smallest absolute Gasteiger partial charge is 0.209 e. The number of allylic oxidation sites excluding steroid dienone is 2. The molecule has 0 saturated heterocycles. The molecule has 0 amide bonds. The number of halogens is 1. The van der Waals surface area contributed by atoms with E-state index in [9.17, 15) is 4.79 Å². The molecule has 0 radical (unpaired) electrons. The molecule has 0 fully saturated rings. The molecule has 1 N–H and O–H groups in total. The first-order valence-corrected chi connectivity index (χ1v) is 8.86. The standard InChI is InChI=1S/C20H16ClN3O/c21-13-7-2-1-6-12(13)19-18-15(9-5-11-17(18)25)23-20-22-14-8-3-4-10-16(14)24(19)20/h1-4,6-8,10,19H,5,9,11H2,(H,22,23). The first-order chi connectivity index (χ1) is 12.2. The minimum atomic E-state index is -0.236. The number of carbonyl (C=O) groups excluding carboxylic acids is 1. The number of Topliss-reactive ketones (excluding diaryl/α,β-unsaturated/α-hetero) is 1. The molecule has 2 heterocycles. The fourth-order valence-electron chi connectivity index (χ4n) is 3.96. The Kier molecular flexibility index (Phi) is 3.22. The van der Waals surface area contributed by atoms with Crippen molar-refractivity contribution in [3.63, 3.8) is 0 Å². The Hall–Kier alpha value is -2.59. The van der Waals surface area contributed by atoms with Crippen LogP contribution in [0.2, 0.25) is 5.02 Å². The van der Waals surface area contributed by atoms with E-state index < -0.39 is 0 Å². The molecule has 0 bridgehead atoms. The van der Waals surface area contributed by atoms with Crippen molar-refractivity contribution in [2.45, 2.75) is 25.3 Å². The van der Waals surface area contributed by atoms with Crippen LogP contribution in [-0.4, -0.2) is 15.3 Å². The molecule has 124 valence electrons. The first-order valence-electron chi connectivity index (χ1n) is 8.48. The quantitative estimate of drug-likeness (QED) is 0.692. The summed E-state index contributed by atoms with van der Waals surface area (Å²) in [6.45, 7) is 0. The van der Waals surface area contributed by atoms with Crippen molar-refractivity contribution in [1.82, 2.24) is 9.55 Å². The second-order valence-corrected chi connectivity index (χ2v) is 6.92. The van der Waals surface area contributed by atoms with Crippen LogP contribution in [0.15, 0.2) is 59.8 Å². The van der Waals surface area contributed by atoms with E-state index in [1.54, 1.807) is 0 Å². The molecule has 1 aromatic heterocycles. The van der Waals surface area contributed by atoms with Crippen molar-refractivity contribution in [3.8, 4) is 0 Å². The van der Waals surface area contributed by atoms with Gasteiger partial charge in [0, 0.05) is 22.7 Å². The van der Waals surface area contributed by atoms with E-state index in [2.05, 4.69) is 9.88 Å². The number of hydrogen-bond donors (Lipinski definition) is 1. The molecule has 1 aliphatic heterocycles. The summed E-state index contributed by atoms with van der Waals surface area (Å²) in [6, 6.07) is 15.5. The molecule has 2 aliphatic rings. The molecule has 1 atom stereocenters. The SMILES string of the molecule is O=C1CCCC2=C1C(c1ccccc1Cl)n1c(nc3ccccc31)N2. The van der Waals surface area contributed by atoms with Gasteiger partial charge in [-0.1, -0.05) is 41.9 Å². The van der Waals surface area contributed by atoms with Crippen molar-refractivity contribution in [1.29, 1.82) is 0 Å². The lowest BCUT2D eigenvalue weighted by Crippen LogP contribution is -2.31. The van der Waals surface area contributed by atoms with E-state index in [0.29, 0.717) is 11.4 Å². The number of aromatic nitrogens is 2. The maximum Gasteiger partial charge on any atom is 0.209 e. The van der Waals surface area contributed by atoms with E-state index in [1.165, 1.54) is 0 Å². The van der Waals surface area contributed by atoms with Gasteiger partial charge < -0.3 is 5.32 Å². The van der Waals surface area contributed by atoms with Crippen LogP contribution in [0.4, 0.5) is 5.95 Å². The van der Waals surface area contributed by atoms with Crippen LogP contribution in [0.5, 0.6) is 0 Å². The fourth-order valence-corrected chi connectivity index (χ4v) is 4.20. The van der Waals surface area contributed by atoms with Gasteiger partial charge in [-0.15, -0.1) is 0 Å². The Morgan fingerprint density at radius 1 is 1.08 bits per heavy atom. The van der Waals surface area contributed by atoms with Gasteiger partial charge in [0.1, 0.15) is 0 Å². The molecule has 25 heavy (non-hydrogen) atoms. The molecular weight excluding hydrogens is 334 g/mol. The lowest BCUT2D eigenvalue weighted by molar-refractivity contribution is -0.116. The third-order valence-electron chi connectivity index (χ3n) is 5.05. The molecule has 5 rings (SSSR count). The van der Waals surface area contributed by atoms with Gasteiger partial charge in [-0.2, -0.15) is 0 Å². The lowest BCUT2D eigenvalue weighted by Gasteiger charge is -2.34. The predicted octanol–water partition coefficient (Wildman–Crippen LogP) is 4.71. The van der Waals surface area contributed by atoms with Crippen molar-refractivity contribution in [2.24, 2.45) is 0 Å². The molecule has 3 aromatic rings. The van der Waals surface area contributed by atoms with Gasteiger partial charge >= 0.3 is 0 Å². The highest BCUT2D eigenvalue weighted by Gasteiger charge is 2.37. The van der Waals surface area contributed by atoms with Crippen LogP contribution in [0.1, 0.15) is 30.9 Å². The monoisotopic (exact) mass is 349 g/mol. The number of nitrogens with one attached hydrogen (secondary N) is 1. The number of anilines is 1. The van der Waals surface area contributed by atoms with E-state index in [0.717, 1.165) is 46.7 Å². The maximum atomic E-state index is 12.8. The van der Waals surface area contributed by atoms with Crippen LogP contribution in [-0.2, 0) is 4.79 Å². The Morgan fingerprint density at radius 3 is 2.76 bits per heavy atom. The van der Waals surface area contributed by atoms with Crippen molar-refractivity contribution in [2.75, 3.05) is 5.32 Å². The molecule has 5 heteroatoms. The zero-order chi connectivity index (χ0) is 17.0. The normalized spacial score (nSPS) is 19.6. The minimum absolute atomic E-state index is 0.196. The van der Waals surface area contributed by atoms with Crippen molar-refractivity contribution < 1.29 is 4.79 Å². The zero-order valence-corrected chi connectivity index (χ0v) is 14.3. The van der Waals surface area contributed by atoms with E-state index in [-0.39, 0.29) is 11.8 Å². The van der Waals surface area contributed by atoms with Crippen LogP contribution in [0.25, 0.3) is 11.0 Å². The van der Waals surface area contributed by atoms with E-state index in [1.807, 2.05) is 48.5 Å². The van der Waals surface area contributed by atoms with Gasteiger partial charge in [0.25, 0.3) is 0 Å². The number of fused-ring (bicyclic) bond motifs is 3. The Balaban J connectivity index is 1.85. The molecule has 0 saturated carbocycles. The van der Waals surface area contributed by atoms with Gasteiger partial charge in [-0.05, 0) is 36.6 Å². The lowest BCUT2D eigenvalue weighted by atomic mass is 9.85. The number of carbonyl (C=O) groups is 1. The summed E-state index contributed by atoms with van der Waals surface area (Å²) in [5.74, 6) is 0.974. The second kappa shape index (κ2) is 5.46. The van der Waals surface area contributed by atoms with Gasteiger partial charge in [0.2, 0.25) is 5.95 Å². The second-order valence-electron chi connectivity index (χ2n) is 6.51. The van der Waals surface area contributed by atoms with Crippen LogP contribution in [0.3, 0.4) is 0 Å². The Bertz CT molecular complexity index is 1050. The number of nitrogens with zero attached hydrogens (tertiary/aromatic N) is 2. The first kappa shape index (κ1) is 14.7. The minimum Gasteiger partial charge on any atom is -0.329 e. The number of ketones is 1. The van der Waals surface area contributed by atoms with Gasteiger partial charge in [0.15, 0.2) is 5.78 Å². The van der Waals surface area contributed by atoms with E-state index in [4.69, 9.17) is 16.6 Å². The molecule has 1 unspecified atom stereocenters. The average molecular weight is 350 g/mol. The summed E-state index contributed by atoms with van der Waals surface area (Å²) in [5.41, 5.74) is 4.67. The zero-order valence-electron chi connectivity index (χ0n) is 13.5. The van der Waals surface area contributed by atoms with Crippen LogP contribution < -0.4 is 5.32 Å². The number of rotatable bonds is 1. The summed E-state index contributed by atoms with van der Waals surface area (Å²) in [5, 5.41) is 4.08. The molecule has 0 spiro atoms. The third kappa shape index (κ3) is 2.14. The predicted molar refractivity (Wildman–Crippen MR) is 98.8 cm³/mol. The summed E-state index contributed by atoms with van der Waals surface area (Å²) >= 11 is 6.53. The maximum absolute atomic E-state index is 12.8. The summed E-state index contributed by atoms with van der Waals surface area (Å²) in [4.78, 5) is 17.6. The number of para-hydroxylation sites is 2. The highest BCUT2D eigenvalue weighted by molar-refractivity contribution is 6.31. The van der Waals surface area contributed by atoms with Crippen LogP contribution >= 0.6 is 11.6 Å². The van der Waals surface area contributed by atoms with Crippen LogP contribution in [0, 0.1) is 0 Å². The summed E-state index contributed by atoms with van der Waals surface area (Å²) < 4.78 is 2.11. The molecular formula is C20H16ClN3O. The Labute approximate surface area is 150 Å². The van der Waals surface area contributed by atoms with E-state index >= 15 is 0 Å². The number of hydrogen-bond acceptors (Lipinski definition) is 3. The summed E-state index contributed by atoms with van der Waals surface area (Å²) in [7, 11) is 0. The van der Waals surface area contributed by atoms with Gasteiger partial charge in [0.05, 0.1) is 17.1 Å². The fraction of sp³-hybridized carbons (Fsp3) is 0.200. The average Bonchev–Trinajstić information content (AvgIpc) is 2.99. The number of benzene rings is 2. The van der Waals surface area contributed by atoms with Crippen molar-refractivity contribution >= 4 is 34.4 Å². The topological polar surface area (TPSA) is 46.9 Å². The highest BCUT2D eigenvalue weighted by Crippen LogP contribution is 2.44. The largest absolute Gasteiger partial charge is 0.329 e. The van der Waals surface area contributed by atoms with Crippen molar-refractivity contribution in [3.05, 3.63) is 70.4 Å². The van der Waals surface area contributed by atoms with Gasteiger partial charge in [-0.25, -0.2) is 4.98 Å². The van der Waals surface area contributed by atoms with Gasteiger partial charge in [-0.3, -0.25) is 9.36 Å². The molecule has 4 nitrogen and oxygen atoms in total. The number of imidazole rings is 1. The highest BCUT2D eigenvalue weighted by atomic mass is 35.5. The molecule has 2 aromatic carbocycles. The third-order valence-corrected chi connectivity index (χ3v) is 5.39.